The van der Waals surface area contributed by atoms with Crippen LogP contribution in [0.1, 0.15) is 31.9 Å². The summed E-state index contributed by atoms with van der Waals surface area (Å²) in [6.45, 7) is 3.23. The topological polar surface area (TPSA) is 108 Å². The second-order valence-electron chi connectivity index (χ2n) is 7.07. The molecule has 2 aliphatic heterocycles. The standard InChI is InChI=1S/C18H20N4O3/c1-12(23)22-15(13-6-4-3-5-7-13)17(2,10-19)9-18(22)11-21(16(18)25)8-14(20)24/h3-7,15H,8-9,11H2,1-2H3,(H2,20,24). The minimum atomic E-state index is -1.08. The predicted molar refractivity (Wildman–Crippen MR) is 88.5 cm³/mol. The molecule has 0 saturated carbocycles. The van der Waals surface area contributed by atoms with Crippen LogP contribution in [0.5, 0.6) is 0 Å². The molecule has 7 nitrogen and oxygen atoms in total. The van der Waals surface area contributed by atoms with Gasteiger partial charge in [-0.2, -0.15) is 5.26 Å². The highest BCUT2D eigenvalue weighted by molar-refractivity contribution is 5.99. The molecule has 2 fully saturated rings. The molecule has 25 heavy (non-hydrogen) atoms. The number of nitrogens with two attached hydrogens (primary N) is 1. The molecule has 7 heteroatoms. The Balaban J connectivity index is 2.05. The maximum atomic E-state index is 12.8. The quantitative estimate of drug-likeness (QED) is 0.812. The fourth-order valence-electron chi connectivity index (χ4n) is 4.34. The van der Waals surface area contributed by atoms with Crippen molar-refractivity contribution >= 4 is 17.7 Å². The zero-order valence-electron chi connectivity index (χ0n) is 14.2. The summed E-state index contributed by atoms with van der Waals surface area (Å²) in [7, 11) is 0. The van der Waals surface area contributed by atoms with Gasteiger partial charge in [0.25, 0.3) is 5.91 Å². The van der Waals surface area contributed by atoms with E-state index in [4.69, 9.17) is 5.73 Å². The van der Waals surface area contributed by atoms with E-state index in [1.54, 1.807) is 6.92 Å². The molecule has 0 bridgehead atoms. The summed E-state index contributed by atoms with van der Waals surface area (Å²) in [6, 6.07) is 11.1. The van der Waals surface area contributed by atoms with Crippen molar-refractivity contribution in [2.45, 2.75) is 31.8 Å². The molecule has 2 N–H and O–H groups in total. The third kappa shape index (κ3) is 2.37. The smallest absolute Gasteiger partial charge is 0.251 e. The Morgan fingerprint density at radius 3 is 2.48 bits per heavy atom. The lowest BCUT2D eigenvalue weighted by molar-refractivity contribution is -0.169. The van der Waals surface area contributed by atoms with E-state index in [9.17, 15) is 19.6 Å². The lowest BCUT2D eigenvalue weighted by Crippen LogP contribution is -2.73. The molecule has 2 aliphatic rings. The number of benzene rings is 1. The Labute approximate surface area is 146 Å². The number of rotatable bonds is 3. The van der Waals surface area contributed by atoms with Gasteiger partial charge in [-0.1, -0.05) is 30.3 Å². The highest BCUT2D eigenvalue weighted by atomic mass is 16.2. The zero-order chi connectivity index (χ0) is 18.4. The highest BCUT2D eigenvalue weighted by Crippen LogP contribution is 2.57. The van der Waals surface area contributed by atoms with Gasteiger partial charge in [-0.15, -0.1) is 0 Å². The SMILES string of the molecule is CC(=O)N1C(c2ccccc2)C(C)(C#N)CC12CN(CC(N)=O)C2=O. The first-order valence-electron chi connectivity index (χ1n) is 8.09. The van der Waals surface area contributed by atoms with Crippen molar-refractivity contribution < 1.29 is 14.4 Å². The summed E-state index contributed by atoms with van der Waals surface area (Å²) in [5, 5.41) is 9.82. The number of hydrogen-bond acceptors (Lipinski definition) is 4. The average Bonchev–Trinajstić information content (AvgIpc) is 2.86. The van der Waals surface area contributed by atoms with Gasteiger partial charge in [-0.05, 0) is 12.5 Å². The largest absolute Gasteiger partial charge is 0.368 e. The minimum Gasteiger partial charge on any atom is -0.368 e. The minimum absolute atomic E-state index is 0.175. The molecule has 1 aromatic carbocycles. The van der Waals surface area contributed by atoms with Crippen molar-refractivity contribution in [3.05, 3.63) is 35.9 Å². The lowest BCUT2D eigenvalue weighted by Gasteiger charge is -2.51. The molecule has 0 aromatic heterocycles. The third-order valence-electron chi connectivity index (χ3n) is 5.18. The normalized spacial score (nSPS) is 30.9. The van der Waals surface area contributed by atoms with Gasteiger partial charge in [0, 0.05) is 13.3 Å². The zero-order valence-corrected chi connectivity index (χ0v) is 14.2. The fraction of sp³-hybridized carbons (Fsp3) is 0.444. The van der Waals surface area contributed by atoms with Crippen LogP contribution in [0.2, 0.25) is 0 Å². The number of carbonyl (C=O) groups is 3. The van der Waals surface area contributed by atoms with Gasteiger partial charge in [0.15, 0.2) is 0 Å². The Kier molecular flexibility index (Phi) is 3.79. The van der Waals surface area contributed by atoms with E-state index in [-0.39, 0.29) is 31.3 Å². The van der Waals surface area contributed by atoms with Gasteiger partial charge in [0.2, 0.25) is 11.8 Å². The molecule has 130 valence electrons. The van der Waals surface area contributed by atoms with Crippen LogP contribution in [0.4, 0.5) is 0 Å². The number of β-lactam (4-membered cyclic amide) rings is 1. The molecule has 3 amide bonds. The molecule has 1 spiro atoms. The van der Waals surface area contributed by atoms with Crippen LogP contribution in [-0.2, 0) is 14.4 Å². The number of nitrogens with zero attached hydrogens (tertiary/aromatic N) is 3. The van der Waals surface area contributed by atoms with Crippen LogP contribution in [0.3, 0.4) is 0 Å². The Morgan fingerprint density at radius 1 is 1.36 bits per heavy atom. The molecule has 3 rings (SSSR count). The Bertz CT molecular complexity index is 787. The first-order chi connectivity index (χ1) is 11.7. The Morgan fingerprint density at radius 2 is 2.00 bits per heavy atom. The van der Waals surface area contributed by atoms with Crippen molar-refractivity contribution in [1.29, 1.82) is 5.26 Å². The van der Waals surface area contributed by atoms with Crippen molar-refractivity contribution in [1.82, 2.24) is 9.80 Å². The molecular formula is C18H20N4O3. The van der Waals surface area contributed by atoms with E-state index >= 15 is 0 Å². The second-order valence-corrected chi connectivity index (χ2v) is 7.07. The van der Waals surface area contributed by atoms with E-state index in [0.29, 0.717) is 0 Å². The highest BCUT2D eigenvalue weighted by Gasteiger charge is 2.68. The summed E-state index contributed by atoms with van der Waals surface area (Å²) < 4.78 is 0. The van der Waals surface area contributed by atoms with E-state index in [2.05, 4.69) is 6.07 Å². The third-order valence-corrected chi connectivity index (χ3v) is 5.18. The second kappa shape index (κ2) is 5.59. The molecule has 2 heterocycles. The number of primary amides is 1. The monoisotopic (exact) mass is 340 g/mol. The molecule has 2 saturated heterocycles. The van der Waals surface area contributed by atoms with Crippen molar-refractivity contribution in [2.24, 2.45) is 11.1 Å². The number of amides is 3. The number of likely N-dealkylation sites (tertiary alicyclic amines) is 2. The molecular weight excluding hydrogens is 320 g/mol. The van der Waals surface area contributed by atoms with Crippen LogP contribution in [0.15, 0.2) is 30.3 Å². The summed E-state index contributed by atoms with van der Waals surface area (Å²) in [6.07, 6.45) is 0.240. The van der Waals surface area contributed by atoms with Gasteiger partial charge >= 0.3 is 0 Å². The number of carbonyl (C=O) groups excluding carboxylic acids is 3. The van der Waals surface area contributed by atoms with E-state index < -0.39 is 22.9 Å². The van der Waals surface area contributed by atoms with Crippen LogP contribution in [0.25, 0.3) is 0 Å². The predicted octanol–water partition coefficient (Wildman–Crippen LogP) is 0.576. The van der Waals surface area contributed by atoms with Crippen molar-refractivity contribution in [3.63, 3.8) is 0 Å². The molecule has 1 aromatic rings. The van der Waals surface area contributed by atoms with Crippen LogP contribution >= 0.6 is 0 Å². The van der Waals surface area contributed by atoms with Crippen molar-refractivity contribution in [2.75, 3.05) is 13.1 Å². The number of hydrogen-bond donors (Lipinski definition) is 1. The van der Waals surface area contributed by atoms with Crippen molar-refractivity contribution in [3.8, 4) is 6.07 Å². The van der Waals surface area contributed by atoms with Gasteiger partial charge in [-0.3, -0.25) is 14.4 Å². The number of nitriles is 1. The summed E-state index contributed by atoms with van der Waals surface area (Å²) in [5.41, 5.74) is 4.02. The van der Waals surface area contributed by atoms with E-state index in [0.717, 1.165) is 5.56 Å². The molecule has 3 unspecified atom stereocenters. The lowest BCUT2D eigenvalue weighted by atomic mass is 9.75. The van der Waals surface area contributed by atoms with E-state index in [1.165, 1.54) is 16.7 Å². The van der Waals surface area contributed by atoms with Gasteiger partial charge in [-0.25, -0.2) is 0 Å². The molecule has 0 radical (unpaired) electrons. The van der Waals surface area contributed by atoms with Crippen LogP contribution in [0, 0.1) is 16.7 Å². The Hall–Kier alpha value is -2.88. The first-order valence-corrected chi connectivity index (χ1v) is 8.09. The average molecular weight is 340 g/mol. The molecule has 3 atom stereocenters. The van der Waals surface area contributed by atoms with Crippen LogP contribution in [-0.4, -0.2) is 46.1 Å². The van der Waals surface area contributed by atoms with Crippen LogP contribution < -0.4 is 5.73 Å². The fourth-order valence-corrected chi connectivity index (χ4v) is 4.34. The van der Waals surface area contributed by atoms with Gasteiger partial charge in [0.05, 0.1) is 30.6 Å². The summed E-state index contributed by atoms with van der Waals surface area (Å²) in [5.74, 6) is -1.18. The first kappa shape index (κ1) is 17.0. The molecule has 0 aliphatic carbocycles. The van der Waals surface area contributed by atoms with Gasteiger partial charge in [0.1, 0.15) is 5.54 Å². The summed E-state index contributed by atoms with van der Waals surface area (Å²) >= 11 is 0. The maximum Gasteiger partial charge on any atom is 0.251 e. The van der Waals surface area contributed by atoms with E-state index in [1.807, 2.05) is 30.3 Å². The summed E-state index contributed by atoms with van der Waals surface area (Å²) in [4.78, 5) is 39.3. The maximum absolute atomic E-state index is 12.8. The van der Waals surface area contributed by atoms with Gasteiger partial charge < -0.3 is 15.5 Å².